The molecule has 1 atom stereocenters. The minimum atomic E-state index is 0.189. The van der Waals surface area contributed by atoms with E-state index in [1.165, 1.54) is 5.56 Å². The van der Waals surface area contributed by atoms with Crippen molar-refractivity contribution in [1.29, 1.82) is 0 Å². The van der Waals surface area contributed by atoms with Gasteiger partial charge in [-0.1, -0.05) is 18.2 Å². The summed E-state index contributed by atoms with van der Waals surface area (Å²) in [6.07, 6.45) is 1.03. The topological polar surface area (TPSA) is 41.9 Å². The molecule has 0 amide bonds. The van der Waals surface area contributed by atoms with Crippen LogP contribution in [0.1, 0.15) is 17.9 Å². The smallest absolute Gasteiger partial charge is 0.122 e. The molecule has 1 aliphatic rings. The molecule has 1 aromatic rings. The first kappa shape index (κ1) is 14.3. The molecular weight excluding hydrogens is 242 g/mol. The summed E-state index contributed by atoms with van der Waals surface area (Å²) in [5.74, 6) is 1.49. The van der Waals surface area contributed by atoms with Crippen molar-refractivity contribution in [3.05, 3.63) is 29.8 Å². The van der Waals surface area contributed by atoms with E-state index in [-0.39, 0.29) is 6.61 Å². The van der Waals surface area contributed by atoms with Crippen molar-refractivity contribution in [1.82, 2.24) is 4.90 Å². The zero-order valence-corrected chi connectivity index (χ0v) is 11.5. The van der Waals surface area contributed by atoms with Crippen molar-refractivity contribution in [3.8, 4) is 5.75 Å². The second-order valence-electron chi connectivity index (χ2n) is 4.89. The fourth-order valence-electron chi connectivity index (χ4n) is 2.57. The van der Waals surface area contributed by atoms with E-state index in [1.54, 1.807) is 7.11 Å². The summed E-state index contributed by atoms with van der Waals surface area (Å²) < 4.78 is 10.8. The molecule has 0 spiro atoms. The lowest BCUT2D eigenvalue weighted by molar-refractivity contribution is 0.121. The third-order valence-corrected chi connectivity index (χ3v) is 3.59. The van der Waals surface area contributed by atoms with Crippen molar-refractivity contribution in [3.63, 3.8) is 0 Å². The first-order valence-electron chi connectivity index (χ1n) is 6.89. The average molecular weight is 265 g/mol. The molecule has 0 radical (unpaired) electrons. The Balaban J connectivity index is 2.01. The fourth-order valence-corrected chi connectivity index (χ4v) is 2.57. The number of aliphatic hydroxyl groups excluding tert-OH is 1. The number of hydrogen-bond donors (Lipinski definition) is 1. The number of hydrogen-bond acceptors (Lipinski definition) is 4. The Kier molecular flexibility index (Phi) is 5.63. The Morgan fingerprint density at radius 1 is 1.37 bits per heavy atom. The van der Waals surface area contributed by atoms with Gasteiger partial charge in [-0.25, -0.2) is 0 Å². The molecule has 4 heteroatoms. The number of methoxy groups -OCH3 is 1. The number of benzene rings is 1. The molecule has 1 heterocycles. The van der Waals surface area contributed by atoms with Gasteiger partial charge in [0, 0.05) is 32.7 Å². The van der Waals surface area contributed by atoms with Crippen LogP contribution in [0.4, 0.5) is 0 Å². The van der Waals surface area contributed by atoms with Crippen molar-refractivity contribution >= 4 is 0 Å². The highest BCUT2D eigenvalue weighted by molar-refractivity contribution is 5.37. The molecular formula is C15H23NO3. The van der Waals surface area contributed by atoms with Gasteiger partial charge in [-0.15, -0.1) is 0 Å². The van der Waals surface area contributed by atoms with E-state index in [2.05, 4.69) is 17.0 Å². The van der Waals surface area contributed by atoms with E-state index in [9.17, 15) is 0 Å². The fraction of sp³-hybridized carbons (Fsp3) is 0.600. The standard InChI is InChI=1S/C15H23NO3/c1-18-11-8-16(7-9-17)12-13-6-10-19-15-5-3-2-4-14(13)15/h2-5,13,17H,6-12H2,1H3. The lowest BCUT2D eigenvalue weighted by Gasteiger charge is -2.31. The van der Waals surface area contributed by atoms with Crippen LogP contribution < -0.4 is 4.74 Å². The second kappa shape index (κ2) is 7.48. The summed E-state index contributed by atoms with van der Waals surface area (Å²) in [5, 5.41) is 9.15. The van der Waals surface area contributed by atoms with Gasteiger partial charge in [0.05, 0.1) is 19.8 Å². The molecule has 1 aromatic carbocycles. The van der Waals surface area contributed by atoms with Crippen molar-refractivity contribution in [2.75, 3.05) is 46.6 Å². The summed E-state index contributed by atoms with van der Waals surface area (Å²) in [7, 11) is 1.71. The van der Waals surface area contributed by atoms with Gasteiger partial charge >= 0.3 is 0 Å². The minimum Gasteiger partial charge on any atom is -0.493 e. The van der Waals surface area contributed by atoms with Gasteiger partial charge in [-0.3, -0.25) is 4.90 Å². The third kappa shape index (κ3) is 3.93. The van der Waals surface area contributed by atoms with Crippen LogP contribution in [-0.4, -0.2) is 56.6 Å². The monoisotopic (exact) mass is 265 g/mol. The van der Waals surface area contributed by atoms with Crippen LogP contribution in [0.2, 0.25) is 0 Å². The molecule has 19 heavy (non-hydrogen) atoms. The summed E-state index contributed by atoms with van der Waals surface area (Å²) in [4.78, 5) is 2.26. The highest BCUT2D eigenvalue weighted by Gasteiger charge is 2.23. The number of fused-ring (bicyclic) bond motifs is 1. The minimum absolute atomic E-state index is 0.189. The van der Waals surface area contributed by atoms with Crippen molar-refractivity contribution in [2.45, 2.75) is 12.3 Å². The quantitative estimate of drug-likeness (QED) is 0.811. The Hall–Kier alpha value is -1.10. The SMILES string of the molecule is COCCN(CCO)CC1CCOc2ccccc21. The molecule has 0 aliphatic carbocycles. The van der Waals surface area contributed by atoms with Gasteiger partial charge in [0.15, 0.2) is 0 Å². The molecule has 2 rings (SSSR count). The first-order valence-corrected chi connectivity index (χ1v) is 6.89. The second-order valence-corrected chi connectivity index (χ2v) is 4.89. The maximum absolute atomic E-state index is 9.15. The number of nitrogens with zero attached hydrogens (tertiary/aromatic N) is 1. The van der Waals surface area contributed by atoms with Crippen LogP contribution in [0.25, 0.3) is 0 Å². The summed E-state index contributed by atoms with van der Waals surface area (Å²) in [5.41, 5.74) is 1.29. The number of aliphatic hydroxyl groups is 1. The average Bonchev–Trinajstić information content (AvgIpc) is 2.45. The Bertz CT molecular complexity index is 383. The van der Waals surface area contributed by atoms with Crippen molar-refractivity contribution in [2.24, 2.45) is 0 Å². The molecule has 1 aliphatic heterocycles. The van der Waals surface area contributed by atoms with Gasteiger partial charge in [-0.2, -0.15) is 0 Å². The zero-order chi connectivity index (χ0) is 13.5. The van der Waals surface area contributed by atoms with E-state index < -0.39 is 0 Å². The number of rotatable bonds is 7. The van der Waals surface area contributed by atoms with Crippen LogP contribution in [0.3, 0.4) is 0 Å². The number of ether oxygens (including phenoxy) is 2. The van der Waals surface area contributed by atoms with E-state index in [0.29, 0.717) is 19.1 Å². The zero-order valence-electron chi connectivity index (χ0n) is 11.5. The van der Waals surface area contributed by atoms with E-state index in [1.807, 2.05) is 12.1 Å². The van der Waals surface area contributed by atoms with E-state index in [0.717, 1.165) is 31.9 Å². The first-order chi connectivity index (χ1) is 9.35. The maximum atomic E-state index is 9.15. The van der Waals surface area contributed by atoms with E-state index >= 15 is 0 Å². The van der Waals surface area contributed by atoms with Gasteiger partial charge < -0.3 is 14.6 Å². The molecule has 0 aromatic heterocycles. The predicted octanol–water partition coefficient (Wildman–Crippen LogP) is 1.49. The molecule has 4 nitrogen and oxygen atoms in total. The Labute approximate surface area is 114 Å². The van der Waals surface area contributed by atoms with Gasteiger partial charge in [0.1, 0.15) is 5.75 Å². The highest BCUT2D eigenvalue weighted by Crippen LogP contribution is 2.33. The summed E-state index contributed by atoms with van der Waals surface area (Å²) in [6, 6.07) is 8.25. The van der Waals surface area contributed by atoms with Crippen LogP contribution >= 0.6 is 0 Å². The molecule has 0 bridgehead atoms. The normalized spacial score (nSPS) is 18.2. The molecule has 0 saturated carbocycles. The lowest BCUT2D eigenvalue weighted by atomic mass is 9.92. The summed E-state index contributed by atoms with van der Waals surface area (Å²) in [6.45, 7) is 4.17. The largest absolute Gasteiger partial charge is 0.493 e. The van der Waals surface area contributed by atoms with E-state index in [4.69, 9.17) is 14.6 Å². The lowest BCUT2D eigenvalue weighted by Crippen LogP contribution is -2.35. The van der Waals surface area contributed by atoms with Crippen LogP contribution in [0.15, 0.2) is 24.3 Å². The molecule has 1 N–H and O–H groups in total. The molecule has 1 unspecified atom stereocenters. The molecule has 0 saturated heterocycles. The maximum Gasteiger partial charge on any atom is 0.122 e. The van der Waals surface area contributed by atoms with Crippen molar-refractivity contribution < 1.29 is 14.6 Å². The van der Waals surface area contributed by atoms with Gasteiger partial charge in [0.2, 0.25) is 0 Å². The summed E-state index contributed by atoms with van der Waals surface area (Å²) >= 11 is 0. The van der Waals surface area contributed by atoms with Gasteiger partial charge in [-0.05, 0) is 18.1 Å². The van der Waals surface area contributed by atoms with Crippen LogP contribution in [-0.2, 0) is 4.74 Å². The Morgan fingerprint density at radius 2 is 2.21 bits per heavy atom. The highest BCUT2D eigenvalue weighted by atomic mass is 16.5. The molecule has 0 fully saturated rings. The van der Waals surface area contributed by atoms with Crippen LogP contribution in [0, 0.1) is 0 Å². The Morgan fingerprint density at radius 3 is 3.00 bits per heavy atom. The molecule has 106 valence electrons. The third-order valence-electron chi connectivity index (χ3n) is 3.59. The van der Waals surface area contributed by atoms with Crippen LogP contribution in [0.5, 0.6) is 5.75 Å². The number of para-hydroxylation sites is 1. The predicted molar refractivity (Wildman–Crippen MR) is 74.7 cm³/mol. The van der Waals surface area contributed by atoms with Gasteiger partial charge in [0.25, 0.3) is 0 Å².